The van der Waals surface area contributed by atoms with Gasteiger partial charge < -0.3 is 5.32 Å². The van der Waals surface area contributed by atoms with Crippen LogP contribution < -0.4 is 5.32 Å². The van der Waals surface area contributed by atoms with Crippen LogP contribution in [0.3, 0.4) is 0 Å². The summed E-state index contributed by atoms with van der Waals surface area (Å²) >= 11 is 0. The molecular weight excluding hydrogens is 193 g/mol. The van der Waals surface area contributed by atoms with Crippen molar-refractivity contribution in [2.24, 2.45) is 0 Å². The lowest BCUT2D eigenvalue weighted by atomic mass is 9.90. The molecule has 1 saturated heterocycles. The Morgan fingerprint density at radius 1 is 1.47 bits per heavy atom. The lowest BCUT2D eigenvalue weighted by Crippen LogP contribution is -2.35. The molecule has 0 spiro atoms. The minimum atomic E-state index is -0.213. The Morgan fingerprint density at radius 2 is 2.27 bits per heavy atom. The third kappa shape index (κ3) is 2.01. The molecule has 1 N–H and O–H groups in total. The number of nitrogens with one attached hydrogen (secondary N) is 1. The van der Waals surface area contributed by atoms with E-state index < -0.39 is 0 Å². The molecule has 0 bridgehead atoms. The molecular formula is C12H14FNO. The molecule has 0 aliphatic carbocycles. The van der Waals surface area contributed by atoms with Crippen LogP contribution >= 0.6 is 0 Å². The van der Waals surface area contributed by atoms with Crippen LogP contribution in [0.4, 0.5) is 4.39 Å². The first-order valence-electron chi connectivity index (χ1n) is 5.22. The predicted molar refractivity (Wildman–Crippen MR) is 56.1 cm³/mol. The summed E-state index contributed by atoms with van der Waals surface area (Å²) in [5, 5.41) is 2.83. The largest absolute Gasteiger partial charge is 0.356 e. The van der Waals surface area contributed by atoms with Gasteiger partial charge in [-0.3, -0.25) is 4.79 Å². The fraction of sp³-hybridized carbons (Fsp3) is 0.417. The van der Waals surface area contributed by atoms with Gasteiger partial charge in [0.25, 0.3) is 0 Å². The third-order valence-electron chi connectivity index (χ3n) is 2.87. The van der Waals surface area contributed by atoms with E-state index in [9.17, 15) is 9.18 Å². The first kappa shape index (κ1) is 10.1. The SMILES string of the molecule is Cc1cc(C2CCCNC2=O)ccc1F. The van der Waals surface area contributed by atoms with E-state index in [-0.39, 0.29) is 17.6 Å². The van der Waals surface area contributed by atoms with Crippen molar-refractivity contribution in [3.8, 4) is 0 Å². The lowest BCUT2D eigenvalue weighted by molar-refractivity contribution is -0.123. The second kappa shape index (κ2) is 4.01. The third-order valence-corrected chi connectivity index (χ3v) is 2.87. The molecule has 1 unspecified atom stereocenters. The van der Waals surface area contributed by atoms with Crippen LogP contribution in [0, 0.1) is 12.7 Å². The molecule has 1 aromatic carbocycles. The number of benzene rings is 1. The van der Waals surface area contributed by atoms with Gasteiger partial charge in [0, 0.05) is 6.54 Å². The summed E-state index contributed by atoms with van der Waals surface area (Å²) in [6.07, 6.45) is 1.85. The highest BCUT2D eigenvalue weighted by Gasteiger charge is 2.23. The summed E-state index contributed by atoms with van der Waals surface area (Å²) in [7, 11) is 0. The van der Waals surface area contributed by atoms with Gasteiger partial charge in [0.05, 0.1) is 5.92 Å². The molecule has 2 nitrogen and oxygen atoms in total. The highest BCUT2D eigenvalue weighted by molar-refractivity contribution is 5.84. The molecule has 1 heterocycles. The standard InChI is InChI=1S/C12H14FNO/c1-8-7-9(4-5-11(8)13)10-3-2-6-14-12(10)15/h4-5,7,10H,2-3,6H2,1H3,(H,14,15). The minimum absolute atomic E-state index is 0.0623. The number of carbonyl (C=O) groups excluding carboxylic acids is 1. The number of piperidine rings is 1. The zero-order chi connectivity index (χ0) is 10.8. The van der Waals surface area contributed by atoms with E-state index in [0.29, 0.717) is 5.56 Å². The second-order valence-corrected chi connectivity index (χ2v) is 3.99. The van der Waals surface area contributed by atoms with Crippen molar-refractivity contribution in [2.75, 3.05) is 6.54 Å². The Morgan fingerprint density at radius 3 is 2.93 bits per heavy atom. The monoisotopic (exact) mass is 207 g/mol. The van der Waals surface area contributed by atoms with Crippen LogP contribution in [0.25, 0.3) is 0 Å². The molecule has 0 saturated carbocycles. The first-order chi connectivity index (χ1) is 7.18. The van der Waals surface area contributed by atoms with Gasteiger partial charge in [-0.05, 0) is 37.0 Å². The number of aryl methyl sites for hydroxylation is 1. The van der Waals surface area contributed by atoms with Crippen molar-refractivity contribution in [2.45, 2.75) is 25.7 Å². The molecule has 1 aliphatic heterocycles. The Hall–Kier alpha value is -1.38. The molecule has 0 aromatic heterocycles. The van der Waals surface area contributed by atoms with Gasteiger partial charge in [0.2, 0.25) is 5.91 Å². The van der Waals surface area contributed by atoms with Gasteiger partial charge >= 0.3 is 0 Å². The van der Waals surface area contributed by atoms with E-state index in [1.54, 1.807) is 19.1 Å². The Bertz CT molecular complexity index is 389. The smallest absolute Gasteiger partial charge is 0.227 e. The summed E-state index contributed by atoms with van der Waals surface area (Å²) in [6.45, 7) is 2.48. The molecule has 1 aliphatic rings. The molecule has 1 aromatic rings. The van der Waals surface area contributed by atoms with E-state index in [1.807, 2.05) is 0 Å². The van der Waals surface area contributed by atoms with Crippen molar-refractivity contribution < 1.29 is 9.18 Å². The molecule has 0 radical (unpaired) electrons. The van der Waals surface area contributed by atoms with Gasteiger partial charge in [0.1, 0.15) is 5.82 Å². The van der Waals surface area contributed by atoms with Crippen molar-refractivity contribution in [3.05, 3.63) is 35.1 Å². The average Bonchev–Trinajstić information content (AvgIpc) is 2.23. The van der Waals surface area contributed by atoms with Gasteiger partial charge in [-0.25, -0.2) is 4.39 Å². The van der Waals surface area contributed by atoms with Crippen LogP contribution in [0.5, 0.6) is 0 Å². The number of amides is 1. The molecule has 2 rings (SSSR count). The fourth-order valence-corrected chi connectivity index (χ4v) is 1.97. The summed E-state index contributed by atoms with van der Waals surface area (Å²) in [5.41, 5.74) is 1.52. The van der Waals surface area contributed by atoms with Crippen LogP contribution in [-0.2, 0) is 4.79 Å². The maximum absolute atomic E-state index is 13.1. The normalized spacial score (nSPS) is 21.2. The molecule has 1 atom stereocenters. The van der Waals surface area contributed by atoms with E-state index in [1.165, 1.54) is 6.07 Å². The number of halogens is 1. The van der Waals surface area contributed by atoms with E-state index >= 15 is 0 Å². The van der Waals surface area contributed by atoms with Gasteiger partial charge in [-0.2, -0.15) is 0 Å². The topological polar surface area (TPSA) is 29.1 Å². The van der Waals surface area contributed by atoms with E-state index in [4.69, 9.17) is 0 Å². The molecule has 1 fully saturated rings. The van der Waals surface area contributed by atoms with Crippen LogP contribution in [0.1, 0.15) is 29.9 Å². The minimum Gasteiger partial charge on any atom is -0.356 e. The van der Waals surface area contributed by atoms with E-state index in [2.05, 4.69) is 5.32 Å². The summed E-state index contributed by atoms with van der Waals surface area (Å²) < 4.78 is 13.1. The highest BCUT2D eigenvalue weighted by Crippen LogP contribution is 2.25. The second-order valence-electron chi connectivity index (χ2n) is 3.99. The predicted octanol–water partition coefficient (Wildman–Crippen LogP) is 2.13. The van der Waals surface area contributed by atoms with Crippen molar-refractivity contribution in [3.63, 3.8) is 0 Å². The molecule has 15 heavy (non-hydrogen) atoms. The first-order valence-corrected chi connectivity index (χ1v) is 5.22. The van der Waals surface area contributed by atoms with Crippen molar-refractivity contribution >= 4 is 5.91 Å². The van der Waals surface area contributed by atoms with Gasteiger partial charge in [-0.1, -0.05) is 12.1 Å². The fourth-order valence-electron chi connectivity index (χ4n) is 1.97. The molecule has 3 heteroatoms. The zero-order valence-corrected chi connectivity index (χ0v) is 8.72. The summed E-state index contributed by atoms with van der Waals surface area (Å²) in [5.74, 6) is -0.250. The number of rotatable bonds is 1. The summed E-state index contributed by atoms with van der Waals surface area (Å²) in [4.78, 5) is 11.6. The van der Waals surface area contributed by atoms with Crippen molar-refractivity contribution in [1.82, 2.24) is 5.32 Å². The Labute approximate surface area is 88.5 Å². The number of carbonyl (C=O) groups is 1. The van der Waals surface area contributed by atoms with E-state index in [0.717, 1.165) is 24.9 Å². The number of hydrogen-bond acceptors (Lipinski definition) is 1. The maximum atomic E-state index is 13.1. The average molecular weight is 207 g/mol. The van der Waals surface area contributed by atoms with Crippen LogP contribution in [0.2, 0.25) is 0 Å². The van der Waals surface area contributed by atoms with Crippen LogP contribution in [-0.4, -0.2) is 12.5 Å². The Kier molecular flexibility index (Phi) is 2.71. The summed E-state index contributed by atoms with van der Waals surface area (Å²) in [6, 6.07) is 4.91. The zero-order valence-electron chi connectivity index (χ0n) is 8.72. The van der Waals surface area contributed by atoms with Crippen LogP contribution in [0.15, 0.2) is 18.2 Å². The lowest BCUT2D eigenvalue weighted by Gasteiger charge is -2.22. The highest BCUT2D eigenvalue weighted by atomic mass is 19.1. The quantitative estimate of drug-likeness (QED) is 0.751. The molecule has 1 amide bonds. The van der Waals surface area contributed by atoms with Gasteiger partial charge in [0.15, 0.2) is 0 Å². The van der Waals surface area contributed by atoms with Crippen molar-refractivity contribution in [1.29, 1.82) is 0 Å². The maximum Gasteiger partial charge on any atom is 0.227 e. The van der Waals surface area contributed by atoms with Gasteiger partial charge in [-0.15, -0.1) is 0 Å². The molecule has 80 valence electrons. The Balaban J connectivity index is 2.28. The number of hydrogen-bond donors (Lipinski definition) is 1.